The number of allylic oxidation sites excluding steroid dienone is 10. The molecule has 0 spiro atoms. The van der Waals surface area contributed by atoms with Crippen molar-refractivity contribution in [2.75, 3.05) is 19.8 Å². The molecule has 1 saturated carbocycles. The van der Waals surface area contributed by atoms with Gasteiger partial charge in [0.2, 0.25) is 0 Å². The van der Waals surface area contributed by atoms with Crippen LogP contribution in [-0.2, 0) is 42.3 Å². The van der Waals surface area contributed by atoms with Crippen LogP contribution in [0, 0.1) is 11.8 Å². The number of phosphoric ester groups is 1. The summed E-state index contributed by atoms with van der Waals surface area (Å²) in [7, 11) is -4.80. The molecule has 0 aromatic rings. The van der Waals surface area contributed by atoms with E-state index < -0.39 is 69.9 Å². The number of carbonyl (C=O) groups is 4. The van der Waals surface area contributed by atoms with Crippen LogP contribution in [0.4, 0.5) is 0 Å². The molecule has 0 aliphatic heterocycles. The van der Waals surface area contributed by atoms with Crippen molar-refractivity contribution in [3.05, 3.63) is 72.9 Å². The minimum absolute atomic E-state index is 0.000794. The predicted molar refractivity (Wildman–Crippen MR) is 236 cm³/mol. The Bertz CT molecular complexity index is 1470. The lowest BCUT2D eigenvalue weighted by Crippen LogP contribution is -2.34. The standard InChI is InChI=1S/C46H74NO13P/c1-3-5-7-8-9-10-11-12-13-14-15-16-17-18-19-20-25-29-44(51)57-34-38(35-58-61(55,56)59-36-41(47)46(53)54)60-45(52)30-26-22-21-24-28-39-40(43(50)33-42(39)49)32-31-37(48)27-23-6-4-2/h5,7,9-10,12-13,15-16,18-19,31-32,37-41,43,48,50H,3-4,6,8,11,14,17,20-30,33-36,47H2,1-2H3,(H,53,54)(H,55,56)/b7-5-,10-9-,13-12-,16-15-,19-18-,32-31+/t37-,38+,39+,40+,41-,43+/m0/s1. The number of Topliss-reactive ketones (excluding diaryl/α,β-unsaturated/α-hetero) is 1. The third-order valence-corrected chi connectivity index (χ3v) is 10.8. The van der Waals surface area contributed by atoms with Crippen molar-refractivity contribution in [3.63, 3.8) is 0 Å². The van der Waals surface area contributed by atoms with E-state index in [1.54, 1.807) is 12.2 Å². The molecule has 1 fully saturated rings. The third-order valence-electron chi connectivity index (χ3n) is 9.83. The summed E-state index contributed by atoms with van der Waals surface area (Å²) >= 11 is 0. The van der Waals surface area contributed by atoms with Crippen molar-refractivity contribution in [1.29, 1.82) is 0 Å². The zero-order valence-electron chi connectivity index (χ0n) is 36.4. The van der Waals surface area contributed by atoms with E-state index in [2.05, 4.69) is 67.0 Å². The summed E-state index contributed by atoms with van der Waals surface area (Å²) in [5.74, 6) is -3.31. The Morgan fingerprint density at radius 2 is 1.38 bits per heavy atom. The Morgan fingerprint density at radius 1 is 0.787 bits per heavy atom. The molecule has 6 N–H and O–H groups in total. The van der Waals surface area contributed by atoms with Gasteiger partial charge >= 0.3 is 25.7 Å². The second kappa shape index (κ2) is 35.0. The summed E-state index contributed by atoms with van der Waals surface area (Å²) in [6.45, 7) is 2.27. The predicted octanol–water partition coefficient (Wildman–Crippen LogP) is 8.31. The van der Waals surface area contributed by atoms with Crippen molar-refractivity contribution < 1.29 is 62.5 Å². The molecule has 1 rings (SSSR count). The van der Waals surface area contributed by atoms with Gasteiger partial charge in [-0.25, -0.2) is 4.57 Å². The monoisotopic (exact) mass is 879 g/mol. The van der Waals surface area contributed by atoms with Crippen molar-refractivity contribution in [2.45, 2.75) is 160 Å². The van der Waals surface area contributed by atoms with Gasteiger partial charge in [0.25, 0.3) is 0 Å². The zero-order chi connectivity index (χ0) is 45.1. The molecule has 1 unspecified atom stereocenters. The van der Waals surface area contributed by atoms with Crippen molar-refractivity contribution in [2.24, 2.45) is 17.6 Å². The summed E-state index contributed by atoms with van der Waals surface area (Å²) in [6.07, 6.45) is 34.5. The van der Waals surface area contributed by atoms with E-state index in [-0.39, 0.29) is 36.9 Å². The topological polar surface area (TPSA) is 229 Å². The molecule has 61 heavy (non-hydrogen) atoms. The van der Waals surface area contributed by atoms with Crippen LogP contribution in [0.15, 0.2) is 72.9 Å². The molecule has 7 atom stereocenters. The van der Waals surface area contributed by atoms with Gasteiger partial charge in [0, 0.05) is 31.1 Å². The van der Waals surface area contributed by atoms with Gasteiger partial charge in [0.05, 0.1) is 25.4 Å². The van der Waals surface area contributed by atoms with E-state index in [0.29, 0.717) is 44.9 Å². The summed E-state index contributed by atoms with van der Waals surface area (Å²) in [6, 6.07) is -1.57. The Labute approximate surface area is 363 Å². The fraction of sp³-hybridized carbons (Fsp3) is 0.652. The van der Waals surface area contributed by atoms with Crippen LogP contribution >= 0.6 is 7.82 Å². The average Bonchev–Trinajstić information content (AvgIpc) is 3.49. The SMILES string of the molecule is CC/C=C\C/C=C\C/C=C\C/C=C\C/C=C\CCCC(=O)OC[C@H](COP(=O)(O)OC[C@H](N)C(=O)O)OC(=O)CCCCCC[C@H]1C(=O)C[C@@H](O)[C@@H]1/C=C/[C@@H](O)CCCCC. The number of carbonyl (C=O) groups excluding carboxylic acids is 3. The maximum absolute atomic E-state index is 12.7. The number of esters is 2. The van der Waals surface area contributed by atoms with E-state index in [9.17, 15) is 38.8 Å². The Balaban J connectivity index is 2.52. The number of unbranched alkanes of at least 4 members (excludes halogenated alkanes) is 6. The van der Waals surface area contributed by atoms with Crippen molar-refractivity contribution in [1.82, 2.24) is 0 Å². The fourth-order valence-corrected chi connectivity index (χ4v) is 7.13. The molecule has 1 aliphatic carbocycles. The number of phosphoric acid groups is 1. The minimum atomic E-state index is -4.80. The molecule has 0 saturated heterocycles. The Hall–Kier alpha value is -3.49. The number of ketones is 1. The number of aliphatic hydroxyl groups excluding tert-OH is 2. The fourth-order valence-electron chi connectivity index (χ4n) is 6.35. The van der Waals surface area contributed by atoms with Gasteiger partial charge < -0.3 is 35.4 Å². The first kappa shape index (κ1) is 55.5. The number of hydrogen-bond donors (Lipinski definition) is 5. The summed E-state index contributed by atoms with van der Waals surface area (Å²) in [4.78, 5) is 58.8. The molecule has 346 valence electrons. The molecular formula is C46H74NO13P. The summed E-state index contributed by atoms with van der Waals surface area (Å²) in [5, 5.41) is 29.6. The molecule has 0 aromatic carbocycles. The van der Waals surface area contributed by atoms with Crippen LogP contribution in [0.2, 0.25) is 0 Å². The number of ether oxygens (including phenoxy) is 2. The molecule has 0 aromatic heterocycles. The van der Waals surface area contributed by atoms with Gasteiger partial charge in [0.1, 0.15) is 18.4 Å². The first-order valence-corrected chi connectivity index (χ1v) is 23.6. The highest BCUT2D eigenvalue weighted by Gasteiger charge is 2.39. The van der Waals surface area contributed by atoms with E-state index in [1.807, 2.05) is 12.2 Å². The van der Waals surface area contributed by atoms with Crippen LogP contribution in [0.1, 0.15) is 136 Å². The first-order valence-electron chi connectivity index (χ1n) is 22.1. The lowest BCUT2D eigenvalue weighted by Gasteiger charge is -2.20. The third kappa shape index (κ3) is 29.4. The van der Waals surface area contributed by atoms with Gasteiger partial charge in [-0.2, -0.15) is 0 Å². The van der Waals surface area contributed by atoms with E-state index in [0.717, 1.165) is 57.8 Å². The second-order valence-electron chi connectivity index (χ2n) is 15.2. The molecule has 15 heteroatoms. The zero-order valence-corrected chi connectivity index (χ0v) is 37.3. The number of aliphatic hydroxyl groups is 2. The van der Waals surface area contributed by atoms with Crippen molar-refractivity contribution >= 4 is 31.5 Å². The quantitative estimate of drug-likeness (QED) is 0.0173. The summed E-state index contributed by atoms with van der Waals surface area (Å²) < 4.78 is 32.6. The molecule has 14 nitrogen and oxygen atoms in total. The number of carboxylic acid groups (broad SMARTS) is 1. The summed E-state index contributed by atoms with van der Waals surface area (Å²) in [5.41, 5.74) is 5.33. The highest BCUT2D eigenvalue weighted by molar-refractivity contribution is 7.47. The van der Waals surface area contributed by atoms with E-state index in [4.69, 9.17) is 24.8 Å². The van der Waals surface area contributed by atoms with Gasteiger partial charge in [-0.15, -0.1) is 0 Å². The highest BCUT2D eigenvalue weighted by atomic mass is 31.2. The van der Waals surface area contributed by atoms with Gasteiger partial charge in [-0.05, 0) is 64.2 Å². The maximum Gasteiger partial charge on any atom is 0.472 e. The van der Waals surface area contributed by atoms with E-state index >= 15 is 0 Å². The van der Waals surface area contributed by atoms with Crippen LogP contribution in [0.5, 0.6) is 0 Å². The normalized spacial score (nSPS) is 19.8. The van der Waals surface area contributed by atoms with Crippen LogP contribution in [0.25, 0.3) is 0 Å². The lowest BCUT2D eigenvalue weighted by atomic mass is 9.88. The number of rotatable bonds is 36. The number of nitrogens with two attached hydrogens (primary N) is 1. The minimum Gasteiger partial charge on any atom is -0.480 e. The van der Waals surface area contributed by atoms with Gasteiger partial charge in [-0.3, -0.25) is 28.2 Å². The second-order valence-corrected chi connectivity index (χ2v) is 16.7. The smallest absolute Gasteiger partial charge is 0.472 e. The Morgan fingerprint density at radius 3 is 2.00 bits per heavy atom. The van der Waals surface area contributed by atoms with Crippen molar-refractivity contribution in [3.8, 4) is 0 Å². The Kier molecular flexibility index (Phi) is 31.9. The molecular weight excluding hydrogens is 805 g/mol. The average molecular weight is 880 g/mol. The van der Waals surface area contributed by atoms with Crippen LogP contribution in [0.3, 0.4) is 0 Å². The number of carboxylic acids is 1. The maximum atomic E-state index is 12.7. The molecule has 0 bridgehead atoms. The highest BCUT2D eigenvalue weighted by Crippen LogP contribution is 2.43. The number of hydrogen-bond acceptors (Lipinski definition) is 12. The first-order chi connectivity index (χ1) is 29.3. The van der Waals surface area contributed by atoms with Crippen LogP contribution in [-0.4, -0.2) is 88.1 Å². The molecule has 1 aliphatic rings. The largest absolute Gasteiger partial charge is 0.480 e. The molecule has 0 radical (unpaired) electrons. The van der Waals surface area contributed by atoms with Crippen LogP contribution < -0.4 is 5.73 Å². The lowest BCUT2D eigenvalue weighted by molar-refractivity contribution is -0.161. The van der Waals surface area contributed by atoms with E-state index in [1.165, 1.54) is 0 Å². The molecule has 0 amide bonds. The molecule has 0 heterocycles. The van der Waals surface area contributed by atoms with Gasteiger partial charge in [0.15, 0.2) is 6.10 Å². The van der Waals surface area contributed by atoms with Gasteiger partial charge in [-0.1, -0.05) is 125 Å². The number of aliphatic carboxylic acids is 1.